The van der Waals surface area contributed by atoms with Crippen LogP contribution < -0.4 is 16.6 Å². The SMILES string of the molecule is NC(=S)NNC(=O)c1cccc(S(=O)(=O)O)c1F. The predicted molar refractivity (Wildman–Crippen MR) is 63.6 cm³/mol. The number of nitrogens with one attached hydrogen (secondary N) is 2. The molecule has 1 amide bonds. The van der Waals surface area contributed by atoms with Crippen molar-refractivity contribution in [1.82, 2.24) is 10.9 Å². The molecule has 0 aliphatic carbocycles. The molecule has 7 nitrogen and oxygen atoms in total. The van der Waals surface area contributed by atoms with Crippen LogP contribution in [0.1, 0.15) is 10.4 Å². The molecule has 0 saturated heterocycles. The summed E-state index contributed by atoms with van der Waals surface area (Å²) in [5, 5.41) is -0.255. The summed E-state index contributed by atoms with van der Waals surface area (Å²) >= 11 is 4.40. The van der Waals surface area contributed by atoms with Crippen LogP contribution in [0.25, 0.3) is 0 Å². The lowest BCUT2D eigenvalue weighted by molar-refractivity contribution is 0.0939. The molecule has 0 spiro atoms. The molecular formula is C8H8FN3O4S2. The summed E-state index contributed by atoms with van der Waals surface area (Å²) in [6.45, 7) is 0. The van der Waals surface area contributed by atoms with Crippen molar-refractivity contribution in [3.05, 3.63) is 29.6 Å². The first-order chi connectivity index (χ1) is 8.23. The van der Waals surface area contributed by atoms with Crippen molar-refractivity contribution < 1.29 is 22.2 Å². The van der Waals surface area contributed by atoms with E-state index in [1.807, 2.05) is 5.43 Å². The summed E-state index contributed by atoms with van der Waals surface area (Å²) in [4.78, 5) is 10.4. The van der Waals surface area contributed by atoms with Crippen molar-refractivity contribution in [3.8, 4) is 0 Å². The van der Waals surface area contributed by atoms with Gasteiger partial charge in [-0.15, -0.1) is 0 Å². The number of hydrazine groups is 1. The number of carbonyl (C=O) groups is 1. The van der Waals surface area contributed by atoms with Crippen molar-refractivity contribution in [2.45, 2.75) is 4.90 Å². The van der Waals surface area contributed by atoms with Gasteiger partial charge in [-0.05, 0) is 24.4 Å². The molecular weight excluding hydrogens is 285 g/mol. The minimum atomic E-state index is -4.75. The second kappa shape index (κ2) is 5.25. The van der Waals surface area contributed by atoms with Crippen molar-refractivity contribution in [1.29, 1.82) is 0 Å². The topological polar surface area (TPSA) is 122 Å². The van der Waals surface area contributed by atoms with Crippen molar-refractivity contribution in [2.75, 3.05) is 0 Å². The van der Waals surface area contributed by atoms with Gasteiger partial charge in [-0.1, -0.05) is 6.07 Å². The van der Waals surface area contributed by atoms with E-state index in [9.17, 15) is 17.6 Å². The van der Waals surface area contributed by atoms with Crippen LogP contribution in [0, 0.1) is 5.82 Å². The van der Waals surface area contributed by atoms with Crippen molar-refractivity contribution in [3.63, 3.8) is 0 Å². The van der Waals surface area contributed by atoms with Gasteiger partial charge in [0, 0.05) is 0 Å². The molecule has 0 heterocycles. The second-order valence-electron chi connectivity index (χ2n) is 3.04. The van der Waals surface area contributed by atoms with E-state index in [4.69, 9.17) is 10.3 Å². The molecule has 1 aromatic rings. The zero-order chi connectivity index (χ0) is 13.9. The lowest BCUT2D eigenvalue weighted by Crippen LogP contribution is -2.44. The molecule has 1 rings (SSSR count). The molecule has 98 valence electrons. The van der Waals surface area contributed by atoms with Crippen LogP contribution in [-0.2, 0) is 10.1 Å². The van der Waals surface area contributed by atoms with E-state index < -0.39 is 32.3 Å². The second-order valence-corrected chi connectivity index (χ2v) is 4.87. The standard InChI is InChI=1S/C8H8FN3O4S2/c9-6-4(7(13)11-12-8(10)17)2-1-3-5(6)18(14,15)16/h1-3H,(H,11,13)(H3,10,12,17)(H,14,15,16). The first-order valence-electron chi connectivity index (χ1n) is 4.35. The van der Waals surface area contributed by atoms with Gasteiger partial charge >= 0.3 is 0 Å². The minimum Gasteiger partial charge on any atom is -0.375 e. The molecule has 1 aromatic carbocycles. The zero-order valence-corrected chi connectivity index (χ0v) is 10.3. The van der Waals surface area contributed by atoms with Gasteiger partial charge in [0.1, 0.15) is 4.90 Å². The summed E-state index contributed by atoms with van der Waals surface area (Å²) in [6.07, 6.45) is 0. The Bertz CT molecular complexity index is 602. The molecule has 0 saturated carbocycles. The molecule has 0 atom stereocenters. The monoisotopic (exact) mass is 293 g/mol. The number of rotatable bonds is 2. The summed E-state index contributed by atoms with van der Waals surface area (Å²) in [5.41, 5.74) is 8.45. The Morgan fingerprint density at radius 2 is 2.00 bits per heavy atom. The highest BCUT2D eigenvalue weighted by Crippen LogP contribution is 2.17. The minimum absolute atomic E-state index is 0.255. The van der Waals surface area contributed by atoms with Gasteiger partial charge < -0.3 is 5.73 Å². The zero-order valence-electron chi connectivity index (χ0n) is 8.68. The summed E-state index contributed by atoms with van der Waals surface area (Å²) in [7, 11) is -4.75. The van der Waals surface area contributed by atoms with E-state index in [0.29, 0.717) is 0 Å². The van der Waals surface area contributed by atoms with E-state index >= 15 is 0 Å². The number of nitrogens with two attached hydrogens (primary N) is 1. The quantitative estimate of drug-likeness (QED) is 0.331. The Balaban J connectivity index is 3.12. The molecule has 0 unspecified atom stereocenters. The third-order valence-corrected chi connectivity index (χ3v) is 2.76. The molecule has 0 aliphatic rings. The van der Waals surface area contributed by atoms with E-state index in [1.54, 1.807) is 0 Å². The number of halogens is 1. The number of hydrogen-bond donors (Lipinski definition) is 4. The maximum Gasteiger partial charge on any atom is 0.297 e. The first-order valence-corrected chi connectivity index (χ1v) is 6.20. The number of amides is 1. The highest BCUT2D eigenvalue weighted by molar-refractivity contribution is 7.85. The van der Waals surface area contributed by atoms with E-state index in [0.717, 1.165) is 18.2 Å². The predicted octanol–water partition coefficient (Wildman–Crippen LogP) is -0.450. The molecule has 5 N–H and O–H groups in total. The van der Waals surface area contributed by atoms with Gasteiger partial charge in [0.15, 0.2) is 10.9 Å². The lowest BCUT2D eigenvalue weighted by atomic mass is 10.2. The number of benzene rings is 1. The molecule has 10 heteroatoms. The average Bonchev–Trinajstić information content (AvgIpc) is 2.24. The summed E-state index contributed by atoms with van der Waals surface area (Å²) < 4.78 is 44.0. The first kappa shape index (κ1) is 14.3. The largest absolute Gasteiger partial charge is 0.375 e. The molecule has 18 heavy (non-hydrogen) atoms. The number of thiocarbonyl (C=S) groups is 1. The van der Waals surface area contributed by atoms with Crippen LogP contribution in [0.4, 0.5) is 4.39 Å². The summed E-state index contributed by atoms with van der Waals surface area (Å²) in [6, 6.07) is 2.95. The van der Waals surface area contributed by atoms with Crippen molar-refractivity contribution >= 4 is 33.4 Å². The normalized spacial score (nSPS) is 10.8. The Morgan fingerprint density at radius 3 is 2.50 bits per heavy atom. The molecule has 0 fully saturated rings. The Morgan fingerprint density at radius 1 is 1.39 bits per heavy atom. The Labute approximate surface area is 107 Å². The Hall–Kier alpha value is -1.78. The molecule has 0 bridgehead atoms. The molecule has 0 aromatic heterocycles. The third kappa shape index (κ3) is 3.35. The van der Waals surface area contributed by atoms with E-state index in [-0.39, 0.29) is 5.11 Å². The van der Waals surface area contributed by atoms with Gasteiger partial charge in [-0.3, -0.25) is 20.2 Å². The van der Waals surface area contributed by atoms with Gasteiger partial charge in [0.05, 0.1) is 5.56 Å². The fourth-order valence-corrected chi connectivity index (χ4v) is 1.71. The lowest BCUT2D eigenvalue weighted by Gasteiger charge is -2.08. The van der Waals surface area contributed by atoms with E-state index in [2.05, 4.69) is 17.6 Å². The maximum absolute atomic E-state index is 13.7. The maximum atomic E-state index is 13.7. The fraction of sp³-hybridized carbons (Fsp3) is 0. The van der Waals surface area contributed by atoms with E-state index in [1.165, 1.54) is 0 Å². The molecule has 0 aliphatic heterocycles. The van der Waals surface area contributed by atoms with Gasteiger partial charge in [-0.25, -0.2) is 4.39 Å². The van der Waals surface area contributed by atoms with Crippen LogP contribution in [0.3, 0.4) is 0 Å². The van der Waals surface area contributed by atoms with Crippen LogP contribution in [0.15, 0.2) is 23.1 Å². The highest BCUT2D eigenvalue weighted by Gasteiger charge is 2.21. The highest BCUT2D eigenvalue weighted by atomic mass is 32.2. The molecule has 0 radical (unpaired) electrons. The van der Waals surface area contributed by atoms with Gasteiger partial charge in [0.25, 0.3) is 16.0 Å². The fourth-order valence-electron chi connectivity index (χ4n) is 1.07. The van der Waals surface area contributed by atoms with Crippen LogP contribution in [-0.4, -0.2) is 24.0 Å². The van der Waals surface area contributed by atoms with Crippen LogP contribution >= 0.6 is 12.2 Å². The van der Waals surface area contributed by atoms with Gasteiger partial charge in [-0.2, -0.15) is 8.42 Å². The smallest absolute Gasteiger partial charge is 0.297 e. The van der Waals surface area contributed by atoms with Crippen LogP contribution in [0.5, 0.6) is 0 Å². The van der Waals surface area contributed by atoms with Gasteiger partial charge in [0.2, 0.25) is 0 Å². The average molecular weight is 293 g/mol. The van der Waals surface area contributed by atoms with Crippen molar-refractivity contribution in [2.24, 2.45) is 5.73 Å². The Kier molecular flexibility index (Phi) is 4.16. The summed E-state index contributed by atoms with van der Waals surface area (Å²) in [5.74, 6) is -2.37. The van der Waals surface area contributed by atoms with Crippen LogP contribution in [0.2, 0.25) is 0 Å². The number of carbonyl (C=O) groups excluding carboxylic acids is 1. The third-order valence-electron chi connectivity index (χ3n) is 1.79. The number of hydrogen-bond acceptors (Lipinski definition) is 4.